The van der Waals surface area contributed by atoms with Crippen molar-refractivity contribution in [3.63, 3.8) is 0 Å². The molecule has 21 heavy (non-hydrogen) atoms. The summed E-state index contributed by atoms with van der Waals surface area (Å²) in [6.45, 7) is 4.72. The summed E-state index contributed by atoms with van der Waals surface area (Å²) < 4.78 is 22.3. The molecule has 8 heteroatoms. The number of hydrogen-bond acceptors (Lipinski definition) is 4. The largest absolute Gasteiger partial charge is 0.356 e. The van der Waals surface area contributed by atoms with Gasteiger partial charge in [-0.2, -0.15) is 0 Å². The first kappa shape index (κ1) is 19.7. The van der Waals surface area contributed by atoms with E-state index in [0.29, 0.717) is 12.4 Å². The first-order valence-electron chi connectivity index (χ1n) is 7.08. The van der Waals surface area contributed by atoms with Gasteiger partial charge in [0.05, 0.1) is 5.75 Å². The fourth-order valence-electron chi connectivity index (χ4n) is 1.38. The van der Waals surface area contributed by atoms with Gasteiger partial charge in [-0.3, -0.25) is 4.79 Å². The van der Waals surface area contributed by atoms with Gasteiger partial charge in [0.1, 0.15) is 16.4 Å². The topological polar surface area (TPSA) is 90.9 Å². The van der Waals surface area contributed by atoms with E-state index in [1.165, 1.54) is 11.2 Å². The van der Waals surface area contributed by atoms with Crippen molar-refractivity contribution < 1.29 is 13.2 Å². The van der Waals surface area contributed by atoms with Gasteiger partial charge in [0.25, 0.3) is 0 Å². The van der Waals surface area contributed by atoms with Crippen LogP contribution in [-0.4, -0.2) is 70.4 Å². The van der Waals surface area contributed by atoms with Gasteiger partial charge in [0.15, 0.2) is 5.96 Å². The smallest absolute Gasteiger partial charge is 0.243 e. The lowest BCUT2D eigenvalue weighted by Crippen LogP contribution is -2.43. The number of guanidine groups is 1. The summed E-state index contributed by atoms with van der Waals surface area (Å²) in [5, 5.41) is 6.23. The first-order valence-corrected chi connectivity index (χ1v) is 9.14. The minimum atomic E-state index is -2.97. The van der Waals surface area contributed by atoms with Crippen LogP contribution in [0.3, 0.4) is 0 Å². The van der Waals surface area contributed by atoms with Gasteiger partial charge in [-0.15, -0.1) is 0 Å². The first-order chi connectivity index (χ1) is 9.65. The number of aliphatic imine (C=N–C) groups is 1. The number of carbonyl (C=O) groups is 1. The van der Waals surface area contributed by atoms with Crippen molar-refractivity contribution in [3.05, 3.63) is 0 Å². The molecule has 0 aromatic rings. The molecule has 0 rings (SSSR count). The zero-order valence-electron chi connectivity index (χ0n) is 13.6. The Morgan fingerprint density at radius 3 is 2.43 bits per heavy atom. The Kier molecular flexibility index (Phi) is 9.00. The molecule has 0 aromatic carbocycles. The van der Waals surface area contributed by atoms with Crippen LogP contribution in [0.15, 0.2) is 4.99 Å². The van der Waals surface area contributed by atoms with Crippen molar-refractivity contribution in [2.45, 2.75) is 32.7 Å². The van der Waals surface area contributed by atoms with Crippen molar-refractivity contribution in [1.29, 1.82) is 0 Å². The maximum atomic E-state index is 11.5. The number of hydrogen-bond donors (Lipinski definition) is 2. The van der Waals surface area contributed by atoms with Crippen LogP contribution in [0, 0.1) is 0 Å². The number of sulfone groups is 1. The predicted octanol–water partition coefficient (Wildman–Crippen LogP) is -0.157. The number of nitrogens with one attached hydrogen (secondary N) is 2. The normalized spacial score (nSPS) is 13.7. The maximum absolute atomic E-state index is 11.5. The van der Waals surface area contributed by atoms with Gasteiger partial charge in [0, 0.05) is 32.9 Å². The molecule has 2 N–H and O–H groups in total. The highest BCUT2D eigenvalue weighted by Crippen LogP contribution is 1.95. The van der Waals surface area contributed by atoms with Crippen LogP contribution >= 0.6 is 0 Å². The minimum Gasteiger partial charge on any atom is -0.356 e. The molecule has 0 spiro atoms. The molecule has 124 valence electrons. The minimum absolute atomic E-state index is 0.0442. The van der Waals surface area contributed by atoms with E-state index in [2.05, 4.69) is 15.6 Å². The lowest BCUT2D eigenvalue weighted by Gasteiger charge is -2.18. The molecule has 0 aliphatic rings. The van der Waals surface area contributed by atoms with Crippen molar-refractivity contribution in [3.8, 4) is 0 Å². The lowest BCUT2D eigenvalue weighted by atomic mass is 10.3. The zero-order chi connectivity index (χ0) is 16.5. The van der Waals surface area contributed by atoms with Crippen LogP contribution in [0.2, 0.25) is 0 Å². The van der Waals surface area contributed by atoms with Crippen LogP contribution in [0.5, 0.6) is 0 Å². The lowest BCUT2D eigenvalue weighted by molar-refractivity contribution is -0.127. The van der Waals surface area contributed by atoms with Crippen LogP contribution in [0.4, 0.5) is 0 Å². The Labute approximate surface area is 128 Å². The third-order valence-electron chi connectivity index (χ3n) is 2.72. The molecule has 0 fully saturated rings. The SMILES string of the molecule is CCCNC(=NCC(=O)N(C)C)NC(C)CCS(C)(=O)=O. The second kappa shape index (κ2) is 9.59. The Hall–Kier alpha value is -1.31. The summed E-state index contributed by atoms with van der Waals surface area (Å²) in [7, 11) is 0.389. The van der Waals surface area contributed by atoms with Gasteiger partial charge < -0.3 is 15.5 Å². The van der Waals surface area contributed by atoms with Crippen molar-refractivity contribution in [2.24, 2.45) is 4.99 Å². The van der Waals surface area contributed by atoms with E-state index in [4.69, 9.17) is 0 Å². The second-order valence-electron chi connectivity index (χ2n) is 5.34. The summed E-state index contributed by atoms with van der Waals surface area (Å²) >= 11 is 0. The third kappa shape index (κ3) is 11.1. The van der Waals surface area contributed by atoms with Crippen LogP contribution in [0.1, 0.15) is 26.7 Å². The molecule has 0 aromatic heterocycles. The Bertz CT molecular complexity index is 446. The second-order valence-corrected chi connectivity index (χ2v) is 7.60. The molecule has 1 atom stereocenters. The molecule has 0 aliphatic heterocycles. The molecule has 0 aliphatic carbocycles. The molecule has 0 bridgehead atoms. The highest BCUT2D eigenvalue weighted by Gasteiger charge is 2.10. The summed E-state index contributed by atoms with van der Waals surface area (Å²) in [6.07, 6.45) is 2.65. The van der Waals surface area contributed by atoms with E-state index in [1.54, 1.807) is 14.1 Å². The molecule has 1 unspecified atom stereocenters. The molecule has 7 nitrogen and oxygen atoms in total. The van der Waals surface area contributed by atoms with Gasteiger partial charge in [-0.25, -0.2) is 13.4 Å². The monoisotopic (exact) mass is 320 g/mol. The van der Waals surface area contributed by atoms with Crippen molar-refractivity contribution >= 4 is 21.7 Å². The van der Waals surface area contributed by atoms with Crippen LogP contribution in [-0.2, 0) is 14.6 Å². The highest BCUT2D eigenvalue weighted by molar-refractivity contribution is 7.90. The summed E-state index contributed by atoms with van der Waals surface area (Å²) in [4.78, 5) is 17.2. The Morgan fingerprint density at radius 2 is 1.95 bits per heavy atom. The standard InChI is InChI=1S/C13H28N4O3S/c1-6-8-14-13(15-10-12(18)17(3)4)16-11(2)7-9-21(5,19)20/h11H,6-10H2,1-5H3,(H2,14,15,16). The number of carbonyl (C=O) groups excluding carboxylic acids is 1. The molecular formula is C13H28N4O3S. The Balaban J connectivity index is 4.53. The maximum Gasteiger partial charge on any atom is 0.243 e. The summed E-state index contributed by atoms with van der Waals surface area (Å²) in [6, 6.07) is -0.0442. The van der Waals surface area contributed by atoms with Crippen molar-refractivity contribution in [2.75, 3.05) is 39.2 Å². The Morgan fingerprint density at radius 1 is 1.33 bits per heavy atom. The fourth-order valence-corrected chi connectivity index (χ4v) is 2.16. The number of rotatable bonds is 8. The van der Waals surface area contributed by atoms with E-state index >= 15 is 0 Å². The third-order valence-corrected chi connectivity index (χ3v) is 3.70. The number of amides is 1. The molecule has 0 radical (unpaired) electrons. The summed E-state index contributed by atoms with van der Waals surface area (Å²) in [5.74, 6) is 0.572. The van der Waals surface area contributed by atoms with Crippen molar-refractivity contribution in [1.82, 2.24) is 15.5 Å². The van der Waals surface area contributed by atoms with E-state index in [0.717, 1.165) is 13.0 Å². The predicted molar refractivity (Wildman–Crippen MR) is 86.2 cm³/mol. The molecule has 0 saturated heterocycles. The van der Waals surface area contributed by atoms with Crippen LogP contribution in [0.25, 0.3) is 0 Å². The highest BCUT2D eigenvalue weighted by atomic mass is 32.2. The van der Waals surface area contributed by atoms with E-state index in [-0.39, 0.29) is 24.2 Å². The molecule has 1 amide bonds. The van der Waals surface area contributed by atoms with Gasteiger partial charge >= 0.3 is 0 Å². The number of likely N-dealkylation sites (N-methyl/N-ethyl adjacent to an activating group) is 1. The fraction of sp³-hybridized carbons (Fsp3) is 0.846. The number of nitrogens with zero attached hydrogens (tertiary/aromatic N) is 2. The van der Waals surface area contributed by atoms with Gasteiger partial charge in [-0.1, -0.05) is 6.92 Å². The average Bonchev–Trinajstić information content (AvgIpc) is 2.38. The summed E-state index contributed by atoms with van der Waals surface area (Å²) in [5.41, 5.74) is 0. The van der Waals surface area contributed by atoms with Gasteiger partial charge in [-0.05, 0) is 19.8 Å². The van der Waals surface area contributed by atoms with E-state index in [9.17, 15) is 13.2 Å². The quantitative estimate of drug-likeness (QED) is 0.479. The molecule has 0 saturated carbocycles. The van der Waals surface area contributed by atoms with E-state index < -0.39 is 9.84 Å². The van der Waals surface area contributed by atoms with Crippen LogP contribution < -0.4 is 10.6 Å². The van der Waals surface area contributed by atoms with E-state index in [1.807, 2.05) is 13.8 Å². The zero-order valence-corrected chi connectivity index (χ0v) is 14.5. The molecule has 0 heterocycles. The van der Waals surface area contributed by atoms with Gasteiger partial charge in [0.2, 0.25) is 5.91 Å². The average molecular weight is 320 g/mol. The molecular weight excluding hydrogens is 292 g/mol.